The van der Waals surface area contributed by atoms with E-state index in [0.717, 1.165) is 6.07 Å². The monoisotopic (exact) mass is 391 g/mol. The fourth-order valence-corrected chi connectivity index (χ4v) is 2.98. The van der Waals surface area contributed by atoms with Gasteiger partial charge in [0.2, 0.25) is 0 Å². The van der Waals surface area contributed by atoms with Crippen LogP contribution >= 0.6 is 0 Å². The van der Waals surface area contributed by atoms with Gasteiger partial charge in [-0.15, -0.1) is 5.92 Å². The summed E-state index contributed by atoms with van der Waals surface area (Å²) in [6.45, 7) is 6.33. The lowest BCUT2D eigenvalue weighted by Gasteiger charge is -2.21. The summed E-state index contributed by atoms with van der Waals surface area (Å²) in [5, 5.41) is 12.2. The van der Waals surface area contributed by atoms with Crippen LogP contribution in [-0.4, -0.2) is 21.0 Å². The van der Waals surface area contributed by atoms with Crippen LogP contribution in [0.4, 0.5) is 19.0 Å². The van der Waals surface area contributed by atoms with Crippen LogP contribution in [0.2, 0.25) is 0 Å². The maximum atomic E-state index is 13.2. The Morgan fingerprint density at radius 2 is 1.96 bits per heavy atom. The number of aliphatic carboxylic acids is 1. The van der Waals surface area contributed by atoms with Gasteiger partial charge in [-0.2, -0.15) is 13.2 Å². The Morgan fingerprint density at radius 3 is 2.54 bits per heavy atom. The largest absolute Gasteiger partial charge is 0.481 e. The quantitative estimate of drug-likeness (QED) is 0.744. The maximum Gasteiger partial charge on any atom is 0.416 e. The van der Waals surface area contributed by atoms with Crippen LogP contribution in [0, 0.1) is 25.7 Å². The molecule has 2 N–H and O–H groups in total. The molecule has 8 heteroatoms. The minimum atomic E-state index is -4.45. The van der Waals surface area contributed by atoms with Crippen LogP contribution in [0.5, 0.6) is 0 Å². The molecule has 1 atom stereocenters. The van der Waals surface area contributed by atoms with E-state index >= 15 is 0 Å². The number of hydrogen-bond acceptors (Lipinski definition) is 4. The lowest BCUT2D eigenvalue weighted by molar-refractivity contribution is -0.138. The van der Waals surface area contributed by atoms with Gasteiger partial charge in [-0.25, -0.2) is 9.97 Å². The van der Waals surface area contributed by atoms with Crippen molar-refractivity contribution in [1.82, 2.24) is 9.97 Å². The molecule has 0 fully saturated rings. The summed E-state index contributed by atoms with van der Waals surface area (Å²) in [6.07, 6.45) is -4.78. The molecular formula is C20H20F3N3O2. The van der Waals surface area contributed by atoms with Crippen molar-refractivity contribution in [2.45, 2.75) is 46.3 Å². The molecule has 28 heavy (non-hydrogen) atoms. The molecule has 5 nitrogen and oxygen atoms in total. The Morgan fingerprint density at radius 1 is 1.29 bits per heavy atom. The number of aromatic nitrogens is 2. The lowest BCUT2D eigenvalue weighted by atomic mass is 9.97. The topological polar surface area (TPSA) is 75.1 Å². The van der Waals surface area contributed by atoms with E-state index in [2.05, 4.69) is 27.1 Å². The van der Waals surface area contributed by atoms with Crippen molar-refractivity contribution in [2.24, 2.45) is 0 Å². The van der Waals surface area contributed by atoms with E-state index in [4.69, 9.17) is 5.11 Å². The number of alkyl halides is 3. The highest BCUT2D eigenvalue weighted by molar-refractivity contribution is 5.72. The van der Waals surface area contributed by atoms with Crippen molar-refractivity contribution < 1.29 is 23.1 Å². The molecule has 1 unspecified atom stereocenters. The van der Waals surface area contributed by atoms with E-state index < -0.39 is 23.8 Å². The van der Waals surface area contributed by atoms with E-state index in [1.165, 1.54) is 13.0 Å². The Labute approximate surface area is 161 Å². The molecule has 0 aliphatic rings. The number of carboxylic acids is 1. The number of anilines is 1. The number of aryl methyl sites for hydroxylation is 1. The molecule has 0 radical (unpaired) electrons. The summed E-state index contributed by atoms with van der Waals surface area (Å²) in [6, 6.07) is 3.49. The van der Waals surface area contributed by atoms with E-state index in [1.807, 2.05) is 0 Å². The smallest absolute Gasteiger partial charge is 0.416 e. The first-order valence-corrected chi connectivity index (χ1v) is 8.49. The zero-order valence-electron chi connectivity index (χ0n) is 15.9. The molecule has 0 aliphatic heterocycles. The first kappa shape index (κ1) is 21.2. The van der Waals surface area contributed by atoms with Gasteiger partial charge in [0.1, 0.15) is 11.6 Å². The third kappa shape index (κ3) is 4.80. The predicted octanol–water partition coefficient (Wildman–Crippen LogP) is 4.28. The van der Waals surface area contributed by atoms with Gasteiger partial charge < -0.3 is 10.4 Å². The van der Waals surface area contributed by atoms with Gasteiger partial charge in [0, 0.05) is 0 Å². The summed E-state index contributed by atoms with van der Waals surface area (Å²) in [4.78, 5) is 19.6. The molecule has 2 aromatic rings. The van der Waals surface area contributed by atoms with Crippen LogP contribution in [0.3, 0.4) is 0 Å². The van der Waals surface area contributed by atoms with Gasteiger partial charge in [0.05, 0.1) is 29.3 Å². The van der Waals surface area contributed by atoms with Crippen molar-refractivity contribution in [3.8, 4) is 11.8 Å². The minimum absolute atomic E-state index is 0.120. The van der Waals surface area contributed by atoms with Crippen LogP contribution in [0.25, 0.3) is 0 Å². The fraction of sp³-hybridized carbons (Fsp3) is 0.350. The second kappa shape index (κ2) is 8.30. The highest BCUT2D eigenvalue weighted by atomic mass is 19.4. The first-order valence-electron chi connectivity index (χ1n) is 8.49. The van der Waals surface area contributed by atoms with Crippen LogP contribution < -0.4 is 5.32 Å². The van der Waals surface area contributed by atoms with Gasteiger partial charge in [-0.3, -0.25) is 4.79 Å². The highest BCUT2D eigenvalue weighted by Crippen LogP contribution is 2.35. The SMILES string of the molecule is CC#Cc1c(CC(=O)O)nc(C)nc1NC(C)c1cccc(C(F)(F)F)c1C. The Kier molecular flexibility index (Phi) is 6.29. The molecule has 0 bridgehead atoms. The fourth-order valence-electron chi connectivity index (χ4n) is 2.98. The number of carbonyl (C=O) groups is 1. The number of halogens is 3. The van der Waals surface area contributed by atoms with Crippen molar-refractivity contribution in [2.75, 3.05) is 5.32 Å². The summed E-state index contributed by atoms with van der Waals surface area (Å²) in [5.41, 5.74) is 0.463. The maximum absolute atomic E-state index is 13.2. The van der Waals surface area contributed by atoms with Gasteiger partial charge in [-0.1, -0.05) is 18.1 Å². The van der Waals surface area contributed by atoms with E-state index in [0.29, 0.717) is 22.8 Å². The van der Waals surface area contributed by atoms with Crippen molar-refractivity contribution in [3.05, 3.63) is 52.0 Å². The predicted molar refractivity (Wildman–Crippen MR) is 98.9 cm³/mol. The van der Waals surface area contributed by atoms with Crippen LogP contribution in [0.15, 0.2) is 18.2 Å². The van der Waals surface area contributed by atoms with Crippen molar-refractivity contribution >= 4 is 11.8 Å². The van der Waals surface area contributed by atoms with E-state index in [9.17, 15) is 18.0 Å². The van der Waals surface area contributed by atoms with Gasteiger partial charge >= 0.3 is 12.1 Å². The Bertz CT molecular complexity index is 960. The van der Waals surface area contributed by atoms with Gasteiger partial charge in [0.15, 0.2) is 0 Å². The number of benzene rings is 1. The number of rotatable bonds is 5. The Hall–Kier alpha value is -3.08. The summed E-state index contributed by atoms with van der Waals surface area (Å²) in [5.74, 6) is 5.07. The Balaban J connectivity index is 2.49. The second-order valence-electron chi connectivity index (χ2n) is 6.27. The third-order valence-corrected chi connectivity index (χ3v) is 4.17. The summed E-state index contributed by atoms with van der Waals surface area (Å²) >= 11 is 0. The number of nitrogens with zero attached hydrogens (tertiary/aromatic N) is 2. The minimum Gasteiger partial charge on any atom is -0.481 e. The number of hydrogen-bond donors (Lipinski definition) is 2. The molecule has 0 spiro atoms. The molecule has 1 aromatic carbocycles. The lowest BCUT2D eigenvalue weighted by Crippen LogP contribution is -2.16. The van der Waals surface area contributed by atoms with E-state index in [1.54, 1.807) is 26.8 Å². The average Bonchev–Trinajstić information content (AvgIpc) is 2.56. The normalized spacial score (nSPS) is 12.1. The highest BCUT2D eigenvalue weighted by Gasteiger charge is 2.33. The zero-order chi connectivity index (χ0) is 21.1. The molecule has 0 amide bonds. The molecule has 148 valence electrons. The van der Waals surface area contributed by atoms with E-state index in [-0.39, 0.29) is 17.7 Å². The molecule has 0 saturated carbocycles. The summed E-state index contributed by atoms with van der Waals surface area (Å²) in [7, 11) is 0. The van der Waals surface area contributed by atoms with Crippen molar-refractivity contribution in [3.63, 3.8) is 0 Å². The molecule has 2 rings (SSSR count). The number of nitrogens with one attached hydrogen (secondary N) is 1. The number of carboxylic acid groups (broad SMARTS) is 1. The first-order chi connectivity index (χ1) is 13.0. The zero-order valence-corrected chi connectivity index (χ0v) is 15.9. The molecule has 1 aromatic heterocycles. The molecule has 0 saturated heterocycles. The molecular weight excluding hydrogens is 371 g/mol. The average molecular weight is 391 g/mol. The van der Waals surface area contributed by atoms with Crippen molar-refractivity contribution in [1.29, 1.82) is 0 Å². The standard InChI is InChI=1S/C20H20F3N3O2/c1-5-7-15-17(10-18(27)28)25-13(4)26-19(15)24-12(3)14-8-6-9-16(11(14)2)20(21,22)23/h6,8-9,12H,10H2,1-4H3,(H,27,28)(H,24,25,26). The van der Waals surface area contributed by atoms with Gasteiger partial charge in [-0.05, 0) is 44.9 Å². The molecule has 0 aliphatic carbocycles. The van der Waals surface area contributed by atoms with Crippen LogP contribution in [0.1, 0.15) is 53.7 Å². The van der Waals surface area contributed by atoms with Gasteiger partial charge in [0.25, 0.3) is 0 Å². The molecule has 1 heterocycles. The second-order valence-corrected chi connectivity index (χ2v) is 6.27. The van der Waals surface area contributed by atoms with Crippen LogP contribution in [-0.2, 0) is 17.4 Å². The third-order valence-electron chi connectivity index (χ3n) is 4.17. The summed E-state index contributed by atoms with van der Waals surface area (Å²) < 4.78 is 39.6.